The Morgan fingerprint density at radius 3 is 2.15 bits per heavy atom. The van der Waals surface area contributed by atoms with Gasteiger partial charge >= 0.3 is 0 Å². The summed E-state index contributed by atoms with van der Waals surface area (Å²) >= 11 is 0. The van der Waals surface area contributed by atoms with E-state index in [-0.39, 0.29) is 18.1 Å². The number of halogens is 1. The molecule has 1 heterocycles. The number of hydrogen-bond donors (Lipinski definition) is 3. The number of ether oxygens (including phenoxy) is 1. The third-order valence-corrected chi connectivity index (χ3v) is 4.92. The molecule has 0 aliphatic rings. The summed E-state index contributed by atoms with van der Waals surface area (Å²) < 4.78 is 18.2. The van der Waals surface area contributed by atoms with E-state index in [0.717, 1.165) is 28.4 Å². The van der Waals surface area contributed by atoms with Gasteiger partial charge in [-0.1, -0.05) is 12.1 Å². The minimum absolute atomic E-state index is 0.168. The Kier molecular flexibility index (Phi) is 6.98. The maximum Gasteiger partial charge on any atom is 0.229 e. The average Bonchev–Trinajstić information content (AvgIpc) is 2.82. The van der Waals surface area contributed by atoms with Crippen molar-refractivity contribution in [2.75, 3.05) is 23.1 Å². The fourth-order valence-corrected chi connectivity index (χ4v) is 3.27. The van der Waals surface area contributed by atoms with E-state index < -0.39 is 0 Å². The van der Waals surface area contributed by atoms with Gasteiger partial charge in [-0.15, -0.1) is 0 Å². The Morgan fingerprint density at radius 2 is 1.47 bits per heavy atom. The van der Waals surface area contributed by atoms with Crippen molar-refractivity contribution in [2.24, 2.45) is 0 Å². The number of rotatable bonds is 8. The smallest absolute Gasteiger partial charge is 0.229 e. The van der Waals surface area contributed by atoms with Crippen LogP contribution in [0.1, 0.15) is 11.3 Å². The lowest BCUT2D eigenvalue weighted by Crippen LogP contribution is -2.14. The first-order valence-electron chi connectivity index (χ1n) is 10.6. The summed E-state index contributed by atoms with van der Waals surface area (Å²) in [6.45, 7) is 1.89. The van der Waals surface area contributed by atoms with Gasteiger partial charge in [0.1, 0.15) is 17.4 Å². The second kappa shape index (κ2) is 10.4. The monoisotopic (exact) mass is 457 g/mol. The molecule has 0 saturated carbocycles. The summed E-state index contributed by atoms with van der Waals surface area (Å²) in [5.41, 5.74) is 3.86. The van der Waals surface area contributed by atoms with Gasteiger partial charge in [0, 0.05) is 28.8 Å². The Hall–Kier alpha value is -4.46. The van der Waals surface area contributed by atoms with Gasteiger partial charge in [0.25, 0.3) is 0 Å². The zero-order valence-electron chi connectivity index (χ0n) is 18.8. The van der Waals surface area contributed by atoms with Crippen molar-refractivity contribution in [3.8, 4) is 5.75 Å². The maximum absolute atomic E-state index is 13.0. The highest BCUT2D eigenvalue weighted by atomic mass is 19.1. The number of methoxy groups -OCH3 is 1. The number of hydrogen-bond acceptors (Lipinski definition) is 6. The minimum atomic E-state index is -0.325. The van der Waals surface area contributed by atoms with E-state index in [4.69, 9.17) is 4.74 Å². The van der Waals surface area contributed by atoms with Gasteiger partial charge in [-0.25, -0.2) is 9.37 Å². The van der Waals surface area contributed by atoms with E-state index in [1.807, 2.05) is 49.4 Å². The molecule has 0 atom stereocenters. The standard InChI is InChI=1S/C26H24FN5O2/c1-17-15-24(29-20-11-13-23(34-2)14-12-20)32-26(28-17)31-22-9-7-21(8-10-22)30-25(33)16-18-3-5-19(27)6-4-18/h3-15H,16H2,1-2H3,(H,30,33)(H2,28,29,31,32). The predicted octanol–water partition coefficient (Wildman–Crippen LogP) is 5.60. The summed E-state index contributed by atoms with van der Waals surface area (Å²) in [6.07, 6.45) is 0.168. The number of nitrogens with zero attached hydrogens (tertiary/aromatic N) is 2. The molecular weight excluding hydrogens is 433 g/mol. The van der Waals surface area contributed by atoms with Gasteiger partial charge in [-0.05, 0) is 73.2 Å². The van der Waals surface area contributed by atoms with Crippen LogP contribution in [0.5, 0.6) is 5.75 Å². The van der Waals surface area contributed by atoms with Crippen molar-refractivity contribution < 1.29 is 13.9 Å². The summed E-state index contributed by atoms with van der Waals surface area (Å²) in [6, 6.07) is 22.5. The summed E-state index contributed by atoms with van der Waals surface area (Å²) in [7, 11) is 1.63. The normalized spacial score (nSPS) is 10.4. The molecule has 0 radical (unpaired) electrons. The van der Waals surface area contributed by atoms with Crippen molar-refractivity contribution in [3.63, 3.8) is 0 Å². The predicted molar refractivity (Wildman–Crippen MR) is 132 cm³/mol. The first-order valence-corrected chi connectivity index (χ1v) is 10.6. The van der Waals surface area contributed by atoms with Crippen molar-refractivity contribution >= 4 is 34.7 Å². The molecule has 0 aliphatic heterocycles. The number of carbonyl (C=O) groups excluding carboxylic acids is 1. The van der Waals surface area contributed by atoms with Crippen molar-refractivity contribution in [1.82, 2.24) is 9.97 Å². The number of nitrogens with one attached hydrogen (secondary N) is 3. The van der Waals surface area contributed by atoms with Gasteiger partial charge in [0.05, 0.1) is 13.5 Å². The first kappa shape index (κ1) is 22.7. The van der Waals surface area contributed by atoms with Crippen LogP contribution in [0.4, 0.5) is 33.2 Å². The molecule has 0 unspecified atom stereocenters. The maximum atomic E-state index is 13.0. The minimum Gasteiger partial charge on any atom is -0.497 e. The molecule has 1 aromatic heterocycles. The van der Waals surface area contributed by atoms with Crippen LogP contribution in [-0.4, -0.2) is 23.0 Å². The molecule has 172 valence electrons. The van der Waals surface area contributed by atoms with Gasteiger partial charge < -0.3 is 20.7 Å². The van der Waals surface area contributed by atoms with Crippen molar-refractivity contribution in [1.29, 1.82) is 0 Å². The Balaban J connectivity index is 1.37. The van der Waals surface area contributed by atoms with Crippen LogP contribution >= 0.6 is 0 Å². The molecular formula is C26H24FN5O2. The fourth-order valence-electron chi connectivity index (χ4n) is 3.27. The zero-order valence-corrected chi connectivity index (χ0v) is 18.8. The molecule has 0 bridgehead atoms. The molecule has 0 fully saturated rings. The molecule has 7 nitrogen and oxygen atoms in total. The number of carbonyl (C=O) groups is 1. The highest BCUT2D eigenvalue weighted by Gasteiger charge is 2.07. The van der Waals surface area contributed by atoms with Gasteiger partial charge in [-0.3, -0.25) is 4.79 Å². The summed E-state index contributed by atoms with van der Waals surface area (Å²) in [5, 5.41) is 9.28. The lowest BCUT2D eigenvalue weighted by atomic mass is 10.1. The van der Waals surface area contributed by atoms with Crippen LogP contribution in [0, 0.1) is 12.7 Å². The largest absolute Gasteiger partial charge is 0.497 e. The van der Waals surface area contributed by atoms with E-state index >= 15 is 0 Å². The van der Waals surface area contributed by atoms with E-state index in [9.17, 15) is 9.18 Å². The van der Waals surface area contributed by atoms with Gasteiger partial charge in [0.2, 0.25) is 11.9 Å². The third-order valence-electron chi connectivity index (χ3n) is 4.92. The topological polar surface area (TPSA) is 88.2 Å². The molecule has 4 aromatic rings. The van der Waals surface area contributed by atoms with Crippen LogP contribution in [0.25, 0.3) is 0 Å². The molecule has 3 aromatic carbocycles. The van der Waals surface area contributed by atoms with E-state index in [1.54, 1.807) is 31.4 Å². The summed E-state index contributed by atoms with van der Waals surface area (Å²) in [4.78, 5) is 21.2. The molecule has 34 heavy (non-hydrogen) atoms. The number of anilines is 5. The van der Waals surface area contributed by atoms with Crippen LogP contribution < -0.4 is 20.7 Å². The van der Waals surface area contributed by atoms with E-state index in [1.165, 1.54) is 12.1 Å². The molecule has 0 aliphatic carbocycles. The molecule has 1 amide bonds. The second-order valence-electron chi connectivity index (χ2n) is 7.63. The van der Waals surface area contributed by atoms with Crippen LogP contribution in [0.3, 0.4) is 0 Å². The fraction of sp³-hybridized carbons (Fsp3) is 0.115. The Morgan fingerprint density at radius 1 is 0.853 bits per heavy atom. The highest BCUT2D eigenvalue weighted by molar-refractivity contribution is 5.92. The Bertz CT molecular complexity index is 1260. The molecule has 3 N–H and O–H groups in total. The molecule has 0 saturated heterocycles. The van der Waals surface area contributed by atoms with Gasteiger partial charge in [0.15, 0.2) is 0 Å². The van der Waals surface area contributed by atoms with Gasteiger partial charge in [-0.2, -0.15) is 4.98 Å². The van der Waals surface area contributed by atoms with Crippen molar-refractivity contribution in [3.05, 3.63) is 95.9 Å². The second-order valence-corrected chi connectivity index (χ2v) is 7.63. The lowest BCUT2D eigenvalue weighted by Gasteiger charge is -2.11. The molecule has 0 spiro atoms. The SMILES string of the molecule is COc1ccc(Nc2cc(C)nc(Nc3ccc(NC(=O)Cc4ccc(F)cc4)cc3)n2)cc1. The number of aromatic nitrogens is 2. The lowest BCUT2D eigenvalue weighted by molar-refractivity contribution is -0.115. The average molecular weight is 458 g/mol. The van der Waals surface area contributed by atoms with Crippen molar-refractivity contribution in [2.45, 2.75) is 13.3 Å². The number of aryl methyl sites for hydroxylation is 1. The highest BCUT2D eigenvalue weighted by Crippen LogP contribution is 2.22. The molecule has 8 heteroatoms. The third kappa shape index (κ3) is 6.29. The van der Waals surface area contributed by atoms with E-state index in [2.05, 4.69) is 25.9 Å². The Labute approximate surface area is 197 Å². The van der Waals surface area contributed by atoms with E-state index in [0.29, 0.717) is 17.5 Å². The zero-order chi connectivity index (χ0) is 23.9. The van der Waals surface area contributed by atoms with Crippen LogP contribution in [0.2, 0.25) is 0 Å². The van der Waals surface area contributed by atoms with Crippen LogP contribution in [-0.2, 0) is 11.2 Å². The number of benzene rings is 3. The number of amides is 1. The van der Waals surface area contributed by atoms with Crippen LogP contribution in [0.15, 0.2) is 78.9 Å². The quantitative estimate of drug-likeness (QED) is 0.319. The summed E-state index contributed by atoms with van der Waals surface area (Å²) in [5.74, 6) is 1.38. The molecule has 4 rings (SSSR count). The first-order chi connectivity index (χ1) is 16.5.